The van der Waals surface area contributed by atoms with E-state index in [0.717, 1.165) is 48.4 Å². The number of nitrogens with zero attached hydrogens (tertiary/aromatic N) is 3. The largest absolute Gasteiger partial charge is 0.386 e. The molecule has 0 amide bonds. The van der Waals surface area contributed by atoms with Crippen LogP contribution in [0.4, 0.5) is 17.5 Å². The maximum atomic E-state index is 10.2. The number of hydrogen-bond acceptors (Lipinski definition) is 7. The molecule has 0 aliphatic carbocycles. The fourth-order valence-electron chi connectivity index (χ4n) is 3.33. The number of rotatable bonds is 5. The van der Waals surface area contributed by atoms with Crippen molar-refractivity contribution in [3.8, 4) is 0 Å². The maximum absolute atomic E-state index is 10.2. The monoisotopic (exact) mass is 382 g/mol. The maximum Gasteiger partial charge on any atom is 0.231 e. The van der Waals surface area contributed by atoms with E-state index in [-0.39, 0.29) is 0 Å². The van der Waals surface area contributed by atoms with Crippen LogP contribution in [-0.4, -0.2) is 44.3 Å². The van der Waals surface area contributed by atoms with Gasteiger partial charge in [0.1, 0.15) is 5.52 Å². The molecule has 0 radical (unpaired) electrons. The smallest absolute Gasteiger partial charge is 0.231 e. The molecule has 1 aromatic carbocycles. The predicted octanol–water partition coefficient (Wildman–Crippen LogP) is 3.22. The van der Waals surface area contributed by atoms with Gasteiger partial charge in [-0.05, 0) is 50.8 Å². The fourth-order valence-corrected chi connectivity index (χ4v) is 3.33. The molecule has 1 saturated heterocycles. The van der Waals surface area contributed by atoms with Crippen LogP contribution in [0.1, 0.15) is 37.8 Å². The predicted molar refractivity (Wildman–Crippen MR) is 109 cm³/mol. The Bertz CT molecular complexity index is 972. The molecule has 28 heavy (non-hydrogen) atoms. The third-order valence-corrected chi connectivity index (χ3v) is 5.02. The minimum absolute atomic E-state index is 0.309. The molecular weight excluding hydrogens is 356 g/mol. The minimum atomic E-state index is -0.880. The van der Waals surface area contributed by atoms with E-state index in [1.54, 1.807) is 20.2 Å². The Labute approximate surface area is 163 Å². The third-order valence-electron chi connectivity index (χ3n) is 5.02. The van der Waals surface area contributed by atoms with Crippen molar-refractivity contribution in [2.24, 2.45) is 0 Å². The van der Waals surface area contributed by atoms with Crippen LogP contribution in [0.2, 0.25) is 0 Å². The molecule has 4 N–H and O–H groups in total. The molecule has 1 aliphatic heterocycles. The summed E-state index contributed by atoms with van der Waals surface area (Å²) >= 11 is 0. The average Bonchev–Trinajstić information content (AvgIpc) is 3.12. The van der Waals surface area contributed by atoms with Crippen molar-refractivity contribution in [3.63, 3.8) is 0 Å². The molecule has 3 aromatic rings. The first kappa shape index (κ1) is 18.6. The van der Waals surface area contributed by atoms with Crippen LogP contribution in [0.15, 0.2) is 24.5 Å². The molecule has 4 rings (SSSR count). The van der Waals surface area contributed by atoms with Gasteiger partial charge in [-0.25, -0.2) is 4.98 Å². The van der Waals surface area contributed by atoms with Crippen LogP contribution in [0.3, 0.4) is 0 Å². The molecule has 0 saturated carbocycles. The zero-order valence-electron chi connectivity index (χ0n) is 16.4. The number of aliphatic hydroxyl groups is 1. The number of H-pyrrole nitrogens is 1. The summed E-state index contributed by atoms with van der Waals surface area (Å²) in [6.07, 6.45) is 3.51. The number of aromatic nitrogens is 4. The highest BCUT2D eigenvalue weighted by Gasteiger charge is 2.19. The molecule has 8 nitrogen and oxygen atoms in total. The van der Waals surface area contributed by atoms with Crippen LogP contribution < -0.4 is 10.6 Å². The van der Waals surface area contributed by atoms with Gasteiger partial charge < -0.3 is 25.5 Å². The van der Waals surface area contributed by atoms with E-state index in [4.69, 9.17) is 4.74 Å². The molecule has 2 aromatic heterocycles. The number of ether oxygens (including phenoxy) is 1. The summed E-state index contributed by atoms with van der Waals surface area (Å²) in [7, 11) is 0. The first-order chi connectivity index (χ1) is 13.4. The number of aromatic amines is 1. The van der Waals surface area contributed by atoms with Gasteiger partial charge in [0.15, 0.2) is 11.5 Å². The molecule has 1 fully saturated rings. The Morgan fingerprint density at radius 2 is 2.00 bits per heavy atom. The third kappa shape index (κ3) is 3.93. The second-order valence-electron chi connectivity index (χ2n) is 7.74. The Kier molecular flexibility index (Phi) is 4.91. The molecule has 1 aliphatic rings. The van der Waals surface area contributed by atoms with Crippen LogP contribution in [0.25, 0.3) is 11.2 Å². The lowest BCUT2D eigenvalue weighted by atomic mass is 9.96. The van der Waals surface area contributed by atoms with Crippen molar-refractivity contribution in [2.45, 2.75) is 45.3 Å². The second-order valence-corrected chi connectivity index (χ2v) is 7.74. The lowest BCUT2D eigenvalue weighted by Gasteiger charge is -2.24. The number of nitrogens with one attached hydrogen (secondary N) is 3. The van der Waals surface area contributed by atoms with Gasteiger partial charge >= 0.3 is 0 Å². The molecule has 0 unspecified atom stereocenters. The number of anilines is 3. The van der Waals surface area contributed by atoms with Crippen molar-refractivity contribution in [2.75, 3.05) is 23.8 Å². The summed E-state index contributed by atoms with van der Waals surface area (Å²) in [6.45, 7) is 7.05. The van der Waals surface area contributed by atoms with Gasteiger partial charge in [-0.3, -0.25) is 0 Å². The quantitative estimate of drug-likeness (QED) is 0.536. The molecule has 0 bridgehead atoms. The van der Waals surface area contributed by atoms with Gasteiger partial charge in [0.25, 0.3) is 0 Å². The molecule has 148 valence electrons. The van der Waals surface area contributed by atoms with Crippen LogP contribution >= 0.6 is 0 Å². The van der Waals surface area contributed by atoms with Crippen molar-refractivity contribution >= 4 is 28.6 Å². The summed E-state index contributed by atoms with van der Waals surface area (Å²) < 4.78 is 5.43. The highest BCUT2D eigenvalue weighted by atomic mass is 16.5. The Hall–Kier alpha value is -2.71. The van der Waals surface area contributed by atoms with E-state index in [1.165, 1.54) is 0 Å². The summed E-state index contributed by atoms with van der Waals surface area (Å²) in [5, 5.41) is 17.0. The highest BCUT2D eigenvalue weighted by molar-refractivity contribution is 5.84. The summed E-state index contributed by atoms with van der Waals surface area (Å²) in [6, 6.07) is 6.13. The first-order valence-electron chi connectivity index (χ1n) is 9.56. The fraction of sp³-hybridized carbons (Fsp3) is 0.450. The zero-order valence-corrected chi connectivity index (χ0v) is 16.4. The van der Waals surface area contributed by atoms with E-state index in [2.05, 4.69) is 30.6 Å². The van der Waals surface area contributed by atoms with E-state index >= 15 is 0 Å². The van der Waals surface area contributed by atoms with E-state index in [1.807, 2.05) is 25.1 Å². The average molecular weight is 382 g/mol. The van der Waals surface area contributed by atoms with Gasteiger partial charge in [0.2, 0.25) is 5.95 Å². The molecule has 0 spiro atoms. The lowest BCUT2D eigenvalue weighted by molar-refractivity contribution is 0.0785. The topological polar surface area (TPSA) is 108 Å². The normalized spacial score (nSPS) is 15.7. The number of aryl methyl sites for hydroxylation is 1. The van der Waals surface area contributed by atoms with Crippen molar-refractivity contribution < 1.29 is 9.84 Å². The molecular formula is C20H26N6O2. The standard InChI is InChI=1S/C20H26N6O2/c1-12-10-13(20(2,3)27)4-5-15(12)24-19-25-17-16(21-11-22-17)18(26-19)23-14-6-8-28-9-7-14/h4-5,10-11,14,27H,6-9H2,1-3H3,(H3,21,22,23,24,25,26). The zero-order chi connectivity index (χ0) is 19.7. The summed E-state index contributed by atoms with van der Waals surface area (Å²) in [5.74, 6) is 1.21. The van der Waals surface area contributed by atoms with E-state index < -0.39 is 5.60 Å². The second kappa shape index (κ2) is 7.37. The van der Waals surface area contributed by atoms with Crippen LogP contribution in [0, 0.1) is 6.92 Å². The number of fused-ring (bicyclic) bond motifs is 1. The van der Waals surface area contributed by atoms with Crippen molar-refractivity contribution in [3.05, 3.63) is 35.7 Å². The summed E-state index contributed by atoms with van der Waals surface area (Å²) in [5.41, 5.74) is 3.29. The SMILES string of the molecule is Cc1cc(C(C)(C)O)ccc1Nc1nc(NC2CCOCC2)c2nc[nH]c2n1. The van der Waals surface area contributed by atoms with E-state index in [0.29, 0.717) is 23.5 Å². The van der Waals surface area contributed by atoms with Crippen LogP contribution in [0.5, 0.6) is 0 Å². The number of hydrogen-bond donors (Lipinski definition) is 4. The van der Waals surface area contributed by atoms with Crippen molar-refractivity contribution in [1.29, 1.82) is 0 Å². The summed E-state index contributed by atoms with van der Waals surface area (Å²) in [4.78, 5) is 16.6. The van der Waals surface area contributed by atoms with Gasteiger partial charge in [-0.15, -0.1) is 0 Å². The van der Waals surface area contributed by atoms with Crippen molar-refractivity contribution in [1.82, 2.24) is 19.9 Å². The van der Waals surface area contributed by atoms with Crippen LogP contribution in [-0.2, 0) is 10.3 Å². The van der Waals surface area contributed by atoms with E-state index in [9.17, 15) is 5.11 Å². The molecule has 8 heteroatoms. The Balaban J connectivity index is 1.62. The number of benzene rings is 1. The minimum Gasteiger partial charge on any atom is -0.386 e. The van der Waals surface area contributed by atoms with Gasteiger partial charge in [0, 0.05) is 24.9 Å². The van der Waals surface area contributed by atoms with Gasteiger partial charge in [0.05, 0.1) is 11.9 Å². The Morgan fingerprint density at radius 3 is 2.71 bits per heavy atom. The highest BCUT2D eigenvalue weighted by Crippen LogP contribution is 2.28. The van der Waals surface area contributed by atoms with Gasteiger partial charge in [-0.2, -0.15) is 9.97 Å². The molecule has 0 atom stereocenters. The van der Waals surface area contributed by atoms with Gasteiger partial charge in [-0.1, -0.05) is 12.1 Å². The lowest BCUT2D eigenvalue weighted by Crippen LogP contribution is -2.28. The Morgan fingerprint density at radius 1 is 1.21 bits per heavy atom. The number of imidazole rings is 1. The molecule has 3 heterocycles. The first-order valence-corrected chi connectivity index (χ1v) is 9.56.